The van der Waals surface area contributed by atoms with Gasteiger partial charge in [-0.3, -0.25) is 4.79 Å². The molecule has 0 aliphatic heterocycles. The van der Waals surface area contributed by atoms with Gasteiger partial charge in [0.15, 0.2) is 0 Å². The van der Waals surface area contributed by atoms with Crippen LogP contribution in [0, 0.1) is 0 Å². The van der Waals surface area contributed by atoms with Gasteiger partial charge in [0.2, 0.25) is 5.91 Å². The molecule has 3 rings (SSSR count). The summed E-state index contributed by atoms with van der Waals surface area (Å²) in [6.45, 7) is 5.77. The smallest absolute Gasteiger partial charge is 0.243 e. The number of fused-ring (bicyclic) bond motifs is 1. The van der Waals surface area contributed by atoms with Crippen molar-refractivity contribution in [2.45, 2.75) is 45.1 Å². The predicted octanol–water partition coefficient (Wildman–Crippen LogP) is 4.92. The number of nitrogens with zero attached hydrogens (tertiary/aromatic N) is 2. The first kappa shape index (κ1) is 23.4. The average molecular weight is 436 g/mol. The van der Waals surface area contributed by atoms with Crippen LogP contribution in [0.5, 0.6) is 11.5 Å². The monoisotopic (exact) mass is 435 g/mol. The molecule has 1 aromatic heterocycles. The number of carbonyl (C=O) groups is 1. The molecule has 2 aromatic carbocycles. The van der Waals surface area contributed by atoms with E-state index < -0.39 is 0 Å². The molecular formula is C26H33N3O3. The molecule has 0 saturated carbocycles. The number of unbranched alkanes of at least 4 members (excludes halogenated alkanes) is 3. The molecule has 0 aliphatic rings. The second-order valence-electron chi connectivity index (χ2n) is 7.71. The molecule has 170 valence electrons. The van der Waals surface area contributed by atoms with Crippen molar-refractivity contribution in [3.05, 3.63) is 67.0 Å². The molecule has 6 heteroatoms. The van der Waals surface area contributed by atoms with Crippen molar-refractivity contribution < 1.29 is 14.3 Å². The van der Waals surface area contributed by atoms with E-state index in [1.54, 1.807) is 7.11 Å². The highest BCUT2D eigenvalue weighted by atomic mass is 16.5. The number of hydrogen-bond donors (Lipinski definition) is 1. The van der Waals surface area contributed by atoms with Gasteiger partial charge in [-0.2, -0.15) is 0 Å². The summed E-state index contributed by atoms with van der Waals surface area (Å²) in [6, 6.07) is 16.0. The molecule has 0 bridgehead atoms. The number of aromatic nitrogens is 2. The van der Waals surface area contributed by atoms with Crippen LogP contribution in [0.25, 0.3) is 11.0 Å². The van der Waals surface area contributed by atoms with Crippen LogP contribution in [-0.4, -0.2) is 35.7 Å². The Kier molecular flexibility index (Phi) is 9.17. The second kappa shape index (κ2) is 12.5. The molecule has 1 amide bonds. The van der Waals surface area contributed by atoms with Crippen molar-refractivity contribution >= 4 is 16.9 Å². The number of rotatable bonds is 14. The third kappa shape index (κ3) is 6.87. The molecule has 0 unspecified atom stereocenters. The van der Waals surface area contributed by atoms with Crippen LogP contribution < -0.4 is 14.8 Å². The average Bonchev–Trinajstić information content (AvgIpc) is 3.18. The minimum atomic E-state index is -0.109. The number of benzene rings is 2. The van der Waals surface area contributed by atoms with E-state index in [-0.39, 0.29) is 5.91 Å². The lowest BCUT2D eigenvalue weighted by Gasteiger charge is -2.10. The molecular weight excluding hydrogens is 402 g/mol. The van der Waals surface area contributed by atoms with Gasteiger partial charge in [0.1, 0.15) is 17.3 Å². The van der Waals surface area contributed by atoms with Gasteiger partial charge in [0, 0.05) is 19.5 Å². The largest absolute Gasteiger partial charge is 0.497 e. The number of aryl methyl sites for hydroxylation is 2. The number of ether oxygens (including phenoxy) is 2. The second-order valence-corrected chi connectivity index (χ2v) is 7.71. The number of para-hydroxylation sites is 2. The van der Waals surface area contributed by atoms with E-state index in [0.717, 1.165) is 67.9 Å². The van der Waals surface area contributed by atoms with Gasteiger partial charge in [-0.25, -0.2) is 4.98 Å². The maximum atomic E-state index is 11.2. The summed E-state index contributed by atoms with van der Waals surface area (Å²) >= 11 is 0. The summed E-state index contributed by atoms with van der Waals surface area (Å²) in [7, 11) is 1.66. The lowest BCUT2D eigenvalue weighted by atomic mass is 10.2. The zero-order chi connectivity index (χ0) is 22.6. The fourth-order valence-electron chi connectivity index (χ4n) is 3.67. The Balaban J connectivity index is 1.46. The first-order valence-corrected chi connectivity index (χ1v) is 11.3. The summed E-state index contributed by atoms with van der Waals surface area (Å²) in [5, 5.41) is 2.83. The normalized spacial score (nSPS) is 10.8. The van der Waals surface area contributed by atoms with Crippen molar-refractivity contribution in [2.75, 3.05) is 20.3 Å². The van der Waals surface area contributed by atoms with Crippen LogP contribution in [0.2, 0.25) is 0 Å². The zero-order valence-electron chi connectivity index (χ0n) is 18.9. The van der Waals surface area contributed by atoms with Gasteiger partial charge in [0.05, 0.1) is 24.8 Å². The Morgan fingerprint density at radius 3 is 2.59 bits per heavy atom. The van der Waals surface area contributed by atoms with E-state index in [9.17, 15) is 4.79 Å². The Hall–Kier alpha value is -3.28. The summed E-state index contributed by atoms with van der Waals surface area (Å²) in [5.74, 6) is 2.72. The van der Waals surface area contributed by atoms with E-state index in [0.29, 0.717) is 13.2 Å². The number of carbonyl (C=O) groups excluding carboxylic acids is 1. The summed E-state index contributed by atoms with van der Waals surface area (Å²) in [4.78, 5) is 16.1. The van der Waals surface area contributed by atoms with Crippen molar-refractivity contribution in [3.63, 3.8) is 0 Å². The fraction of sp³-hybridized carbons (Fsp3) is 0.385. The summed E-state index contributed by atoms with van der Waals surface area (Å²) < 4.78 is 13.4. The van der Waals surface area contributed by atoms with Gasteiger partial charge < -0.3 is 19.4 Å². The van der Waals surface area contributed by atoms with E-state index in [4.69, 9.17) is 14.5 Å². The van der Waals surface area contributed by atoms with Crippen molar-refractivity contribution in [1.29, 1.82) is 0 Å². The van der Waals surface area contributed by atoms with Crippen LogP contribution in [0.4, 0.5) is 0 Å². The van der Waals surface area contributed by atoms with Crippen molar-refractivity contribution in [2.24, 2.45) is 0 Å². The Morgan fingerprint density at radius 2 is 1.81 bits per heavy atom. The maximum Gasteiger partial charge on any atom is 0.243 e. The molecule has 0 fully saturated rings. The van der Waals surface area contributed by atoms with Gasteiger partial charge in [-0.1, -0.05) is 25.1 Å². The van der Waals surface area contributed by atoms with Crippen LogP contribution in [0.15, 0.2) is 61.2 Å². The standard InChI is InChI=1S/C26H33N3O3/c1-3-26(30)27-18-8-4-5-13-25-28-23-11-6-7-12-24(23)29(25)19-9-10-20-32-22-16-14-21(31-2)15-17-22/h3,6-7,11-12,14-17H,1,4-5,8-10,13,18-20H2,2H3,(H,27,30). The van der Waals surface area contributed by atoms with E-state index in [1.807, 2.05) is 30.3 Å². The topological polar surface area (TPSA) is 65.4 Å². The maximum absolute atomic E-state index is 11.2. The number of imidazole rings is 1. The Bertz CT molecular complexity index is 995. The number of hydrogen-bond acceptors (Lipinski definition) is 4. The highest BCUT2D eigenvalue weighted by Gasteiger charge is 2.10. The van der Waals surface area contributed by atoms with E-state index >= 15 is 0 Å². The minimum Gasteiger partial charge on any atom is -0.497 e. The highest BCUT2D eigenvalue weighted by Crippen LogP contribution is 2.20. The quantitative estimate of drug-likeness (QED) is 0.288. The molecule has 0 aliphatic carbocycles. The van der Waals surface area contributed by atoms with Crippen LogP contribution in [-0.2, 0) is 17.8 Å². The number of methoxy groups -OCH3 is 1. The molecule has 0 spiro atoms. The number of nitrogens with one attached hydrogen (secondary N) is 1. The SMILES string of the molecule is C=CC(=O)NCCCCCc1nc2ccccc2n1CCCCOc1ccc(OC)cc1. The molecule has 0 atom stereocenters. The first-order chi connectivity index (χ1) is 15.7. The molecule has 0 saturated heterocycles. The van der Waals surface area contributed by atoms with Gasteiger partial charge in [-0.05, 0) is 68.2 Å². The van der Waals surface area contributed by atoms with Crippen molar-refractivity contribution in [3.8, 4) is 11.5 Å². The number of amides is 1. The molecule has 3 aromatic rings. The summed E-state index contributed by atoms with van der Waals surface area (Å²) in [6.07, 6.45) is 7.31. The van der Waals surface area contributed by atoms with Crippen LogP contribution >= 0.6 is 0 Å². The molecule has 1 heterocycles. The molecule has 32 heavy (non-hydrogen) atoms. The lowest BCUT2D eigenvalue weighted by molar-refractivity contribution is -0.116. The van der Waals surface area contributed by atoms with Gasteiger partial charge in [-0.15, -0.1) is 0 Å². The fourth-order valence-corrected chi connectivity index (χ4v) is 3.67. The van der Waals surface area contributed by atoms with Gasteiger partial charge in [0.25, 0.3) is 0 Å². The first-order valence-electron chi connectivity index (χ1n) is 11.3. The Labute approximate surface area is 190 Å². The minimum absolute atomic E-state index is 0.109. The Morgan fingerprint density at radius 1 is 1.03 bits per heavy atom. The predicted molar refractivity (Wildman–Crippen MR) is 128 cm³/mol. The highest BCUT2D eigenvalue weighted by molar-refractivity contribution is 5.86. The molecule has 1 N–H and O–H groups in total. The van der Waals surface area contributed by atoms with Crippen LogP contribution in [0.3, 0.4) is 0 Å². The van der Waals surface area contributed by atoms with Gasteiger partial charge >= 0.3 is 0 Å². The van der Waals surface area contributed by atoms with E-state index in [2.05, 4.69) is 34.7 Å². The van der Waals surface area contributed by atoms with Crippen molar-refractivity contribution in [1.82, 2.24) is 14.9 Å². The summed E-state index contributed by atoms with van der Waals surface area (Å²) in [5.41, 5.74) is 2.24. The molecule has 0 radical (unpaired) electrons. The lowest BCUT2D eigenvalue weighted by Crippen LogP contribution is -2.21. The molecule has 6 nitrogen and oxygen atoms in total. The third-order valence-electron chi connectivity index (χ3n) is 5.40. The third-order valence-corrected chi connectivity index (χ3v) is 5.40. The van der Waals surface area contributed by atoms with Crippen LogP contribution in [0.1, 0.15) is 37.9 Å². The van der Waals surface area contributed by atoms with E-state index in [1.165, 1.54) is 11.6 Å². The zero-order valence-corrected chi connectivity index (χ0v) is 18.9.